The molecule has 0 saturated carbocycles. The quantitative estimate of drug-likeness (QED) is 0.309. The van der Waals surface area contributed by atoms with Gasteiger partial charge in [-0.3, -0.25) is 4.79 Å². The van der Waals surface area contributed by atoms with E-state index in [1.54, 1.807) is 32.0 Å². The van der Waals surface area contributed by atoms with E-state index < -0.39 is 11.7 Å². The summed E-state index contributed by atoms with van der Waals surface area (Å²) in [6, 6.07) is 18.2. The topological polar surface area (TPSA) is 59.2 Å². The van der Waals surface area contributed by atoms with Gasteiger partial charge >= 0.3 is 6.18 Å². The first kappa shape index (κ1) is 24.2. The number of rotatable bonds is 6. The maximum absolute atomic E-state index is 13.4. The molecule has 3 aromatic carbocycles. The number of alkyl halides is 3. The molecule has 1 heterocycles. The van der Waals surface area contributed by atoms with E-state index in [1.165, 1.54) is 17.0 Å². The molecule has 0 N–H and O–H groups in total. The molecule has 0 spiro atoms. The van der Waals surface area contributed by atoms with Crippen molar-refractivity contribution >= 4 is 5.91 Å². The van der Waals surface area contributed by atoms with Crippen LogP contribution in [0.4, 0.5) is 13.2 Å². The fourth-order valence-electron chi connectivity index (χ4n) is 3.92. The highest BCUT2D eigenvalue weighted by Crippen LogP contribution is 2.33. The van der Waals surface area contributed by atoms with Gasteiger partial charge in [-0.15, -0.1) is 10.2 Å². The summed E-state index contributed by atoms with van der Waals surface area (Å²) in [5.41, 5.74) is 3.39. The number of halogens is 3. The smallest absolute Gasteiger partial charge is 0.416 e. The van der Waals surface area contributed by atoms with Gasteiger partial charge < -0.3 is 9.32 Å². The van der Waals surface area contributed by atoms with Gasteiger partial charge in [0, 0.05) is 31.1 Å². The molecule has 0 radical (unpaired) electrons. The number of hydrogen-bond acceptors (Lipinski definition) is 4. The van der Waals surface area contributed by atoms with E-state index in [-0.39, 0.29) is 24.6 Å². The van der Waals surface area contributed by atoms with Gasteiger partial charge in [0.1, 0.15) is 0 Å². The second-order valence-electron chi connectivity index (χ2n) is 8.21. The van der Waals surface area contributed by atoms with Crippen molar-refractivity contribution in [3.63, 3.8) is 0 Å². The van der Waals surface area contributed by atoms with Gasteiger partial charge in [0.25, 0.3) is 5.91 Å². The van der Waals surface area contributed by atoms with E-state index in [2.05, 4.69) is 10.2 Å². The molecule has 8 heteroatoms. The molecule has 5 nitrogen and oxygen atoms in total. The zero-order chi connectivity index (χ0) is 25.2. The van der Waals surface area contributed by atoms with Crippen molar-refractivity contribution in [1.82, 2.24) is 15.1 Å². The highest BCUT2D eigenvalue weighted by molar-refractivity contribution is 5.94. The summed E-state index contributed by atoms with van der Waals surface area (Å²) in [4.78, 5) is 14.5. The zero-order valence-corrected chi connectivity index (χ0v) is 19.6. The van der Waals surface area contributed by atoms with Crippen LogP contribution in [0.1, 0.15) is 39.9 Å². The lowest BCUT2D eigenvalue weighted by atomic mass is 9.97. The highest BCUT2D eigenvalue weighted by atomic mass is 19.4. The van der Waals surface area contributed by atoms with Crippen LogP contribution in [0.15, 0.2) is 71.1 Å². The van der Waals surface area contributed by atoms with Crippen molar-refractivity contribution in [2.45, 2.75) is 33.5 Å². The lowest BCUT2D eigenvalue weighted by Crippen LogP contribution is -2.31. The van der Waals surface area contributed by atoms with Gasteiger partial charge in [0.05, 0.1) is 5.56 Å². The Morgan fingerprint density at radius 2 is 1.63 bits per heavy atom. The third kappa shape index (κ3) is 5.26. The normalized spacial score (nSPS) is 11.5. The van der Waals surface area contributed by atoms with Gasteiger partial charge in [-0.1, -0.05) is 36.4 Å². The molecule has 0 atom stereocenters. The summed E-state index contributed by atoms with van der Waals surface area (Å²) in [5.74, 6) is 0.569. The Hall–Kier alpha value is -3.94. The third-order valence-electron chi connectivity index (χ3n) is 5.81. The number of nitrogens with zero attached hydrogens (tertiary/aromatic N) is 3. The molecule has 0 fully saturated rings. The number of benzene rings is 3. The maximum atomic E-state index is 13.4. The number of carbonyl (C=O) groups is 1. The van der Waals surface area contributed by atoms with E-state index in [4.69, 9.17) is 4.42 Å². The van der Waals surface area contributed by atoms with Crippen LogP contribution in [0.3, 0.4) is 0 Å². The van der Waals surface area contributed by atoms with Crippen LogP contribution in [0.5, 0.6) is 0 Å². The van der Waals surface area contributed by atoms with Gasteiger partial charge in [-0.25, -0.2) is 0 Å². The fraction of sp³-hybridized carbons (Fsp3) is 0.222. The summed E-state index contributed by atoms with van der Waals surface area (Å²) in [5, 5.41) is 7.94. The lowest BCUT2D eigenvalue weighted by Gasteiger charge is -2.23. The van der Waals surface area contributed by atoms with E-state index in [0.717, 1.165) is 28.3 Å². The van der Waals surface area contributed by atoms with Crippen LogP contribution in [0, 0.1) is 13.8 Å². The summed E-state index contributed by atoms with van der Waals surface area (Å²) in [6.07, 6.45) is -4.48. The molecule has 35 heavy (non-hydrogen) atoms. The van der Waals surface area contributed by atoms with Crippen LogP contribution in [-0.2, 0) is 12.7 Å². The number of amides is 1. The van der Waals surface area contributed by atoms with E-state index >= 15 is 0 Å². The van der Waals surface area contributed by atoms with Crippen molar-refractivity contribution in [2.75, 3.05) is 6.54 Å². The average molecular weight is 480 g/mol. The SMILES string of the molecule is CCN(Cc1ccccc1C(F)(F)F)C(=O)c1ccc(-c2cc(-c3nnc(C)o3)ccc2C)cc1. The van der Waals surface area contributed by atoms with E-state index in [0.29, 0.717) is 17.3 Å². The van der Waals surface area contributed by atoms with Gasteiger partial charge in [0.2, 0.25) is 11.8 Å². The molecule has 0 aliphatic heterocycles. The predicted molar refractivity (Wildman–Crippen MR) is 127 cm³/mol. The summed E-state index contributed by atoms with van der Waals surface area (Å²) in [7, 11) is 0. The predicted octanol–water partition coefficient (Wildman–Crippen LogP) is 6.70. The molecule has 180 valence electrons. The number of aryl methyl sites for hydroxylation is 2. The van der Waals surface area contributed by atoms with Gasteiger partial charge in [-0.05, 0) is 66.4 Å². The van der Waals surface area contributed by atoms with Gasteiger partial charge in [0.15, 0.2) is 0 Å². The Labute approximate surface area is 201 Å². The number of hydrogen-bond donors (Lipinski definition) is 0. The number of aromatic nitrogens is 2. The van der Waals surface area contributed by atoms with Crippen molar-refractivity contribution < 1.29 is 22.4 Å². The molecular formula is C27H24F3N3O2. The van der Waals surface area contributed by atoms with Crippen molar-refractivity contribution in [3.05, 3.63) is 94.9 Å². The Bertz CT molecular complexity index is 1340. The molecule has 4 rings (SSSR count). The first-order valence-corrected chi connectivity index (χ1v) is 11.1. The van der Waals surface area contributed by atoms with Crippen molar-refractivity contribution in [2.24, 2.45) is 0 Å². The molecule has 1 amide bonds. The van der Waals surface area contributed by atoms with Crippen LogP contribution >= 0.6 is 0 Å². The van der Waals surface area contributed by atoms with E-state index in [9.17, 15) is 18.0 Å². The first-order valence-electron chi connectivity index (χ1n) is 11.1. The molecule has 1 aromatic heterocycles. The first-order chi connectivity index (χ1) is 16.7. The maximum Gasteiger partial charge on any atom is 0.416 e. The molecule has 0 bridgehead atoms. The third-order valence-corrected chi connectivity index (χ3v) is 5.81. The molecule has 0 aliphatic carbocycles. The molecular weight excluding hydrogens is 455 g/mol. The number of carbonyl (C=O) groups excluding carboxylic acids is 1. The fourth-order valence-corrected chi connectivity index (χ4v) is 3.92. The minimum Gasteiger partial charge on any atom is -0.421 e. The Kier molecular flexibility index (Phi) is 6.73. The molecule has 0 saturated heterocycles. The summed E-state index contributed by atoms with van der Waals surface area (Å²) < 4.78 is 45.7. The summed E-state index contributed by atoms with van der Waals surface area (Å²) >= 11 is 0. The average Bonchev–Trinajstić information content (AvgIpc) is 3.28. The Balaban J connectivity index is 1.58. The van der Waals surface area contributed by atoms with Crippen LogP contribution < -0.4 is 0 Å². The van der Waals surface area contributed by atoms with Crippen molar-refractivity contribution in [1.29, 1.82) is 0 Å². The summed E-state index contributed by atoms with van der Waals surface area (Å²) in [6.45, 7) is 5.60. The molecule has 0 aliphatic rings. The minimum atomic E-state index is -4.48. The van der Waals surface area contributed by atoms with E-state index in [1.807, 2.05) is 37.3 Å². The Morgan fingerprint density at radius 1 is 0.943 bits per heavy atom. The standard InChI is InChI=1S/C27H24F3N3O2/c1-4-33(16-22-7-5-6-8-24(22)27(28,29)30)26(34)20-13-11-19(12-14-20)23-15-21(10-9-17(23)2)25-32-31-18(3)35-25/h5-15H,4,16H2,1-3H3. The van der Waals surface area contributed by atoms with Crippen LogP contribution in [0.2, 0.25) is 0 Å². The minimum absolute atomic E-state index is 0.0653. The van der Waals surface area contributed by atoms with Crippen LogP contribution in [-0.4, -0.2) is 27.5 Å². The molecule has 4 aromatic rings. The largest absolute Gasteiger partial charge is 0.421 e. The second kappa shape index (κ2) is 9.74. The monoisotopic (exact) mass is 479 g/mol. The highest BCUT2D eigenvalue weighted by Gasteiger charge is 2.33. The zero-order valence-electron chi connectivity index (χ0n) is 19.6. The lowest BCUT2D eigenvalue weighted by molar-refractivity contribution is -0.138. The second-order valence-corrected chi connectivity index (χ2v) is 8.21. The van der Waals surface area contributed by atoms with Gasteiger partial charge in [-0.2, -0.15) is 13.2 Å². The molecule has 0 unspecified atom stereocenters. The van der Waals surface area contributed by atoms with Crippen LogP contribution in [0.25, 0.3) is 22.6 Å². The van der Waals surface area contributed by atoms with Crippen molar-refractivity contribution in [3.8, 4) is 22.6 Å². The Morgan fingerprint density at radius 3 is 2.26 bits per heavy atom.